The van der Waals surface area contributed by atoms with E-state index in [9.17, 15) is 24.3 Å². The summed E-state index contributed by atoms with van der Waals surface area (Å²) in [7, 11) is 0. The summed E-state index contributed by atoms with van der Waals surface area (Å²) in [6, 6.07) is 21.3. The van der Waals surface area contributed by atoms with Crippen LogP contribution in [-0.2, 0) is 32.0 Å². The zero-order chi connectivity index (χ0) is 37.2. The predicted molar refractivity (Wildman–Crippen MR) is 205 cm³/mol. The molecule has 0 saturated heterocycles. The summed E-state index contributed by atoms with van der Waals surface area (Å²) >= 11 is 0. The van der Waals surface area contributed by atoms with Gasteiger partial charge in [-0.15, -0.1) is 0 Å². The summed E-state index contributed by atoms with van der Waals surface area (Å²) in [5, 5.41) is 24.9. The third-order valence-corrected chi connectivity index (χ3v) is 9.40. The van der Waals surface area contributed by atoms with E-state index in [-0.39, 0.29) is 37.0 Å². The number of unbranched alkanes of at least 4 members (excludes halogenated alkanes) is 1. The second kappa shape index (κ2) is 21.9. The molecule has 0 aliphatic carbocycles. The van der Waals surface area contributed by atoms with E-state index in [1.165, 1.54) is 0 Å². The van der Waals surface area contributed by atoms with Gasteiger partial charge in [0, 0.05) is 19.4 Å². The molecule has 9 heteroatoms. The fourth-order valence-corrected chi connectivity index (χ4v) is 6.15. The predicted octanol–water partition coefficient (Wildman–Crippen LogP) is 6.01. The van der Waals surface area contributed by atoms with Crippen LogP contribution in [-0.4, -0.2) is 59.5 Å². The maximum absolute atomic E-state index is 14.1. The molecular weight excluding hydrogens is 640 g/mol. The second-order valence-corrected chi connectivity index (χ2v) is 14.3. The molecule has 9 nitrogen and oxygen atoms in total. The third-order valence-electron chi connectivity index (χ3n) is 9.40. The Morgan fingerprint density at radius 3 is 2.14 bits per heavy atom. The van der Waals surface area contributed by atoms with Crippen LogP contribution in [0.3, 0.4) is 0 Å². The van der Waals surface area contributed by atoms with E-state index in [1.807, 2.05) is 100 Å². The van der Waals surface area contributed by atoms with Gasteiger partial charge in [-0.2, -0.15) is 0 Å². The highest BCUT2D eigenvalue weighted by atomic mass is 16.3. The molecule has 0 aliphatic heterocycles. The van der Waals surface area contributed by atoms with Crippen LogP contribution >= 0.6 is 0 Å². The lowest BCUT2D eigenvalue weighted by Crippen LogP contribution is -2.57. The first-order chi connectivity index (χ1) is 24.5. The highest BCUT2D eigenvalue weighted by Crippen LogP contribution is 2.20. The van der Waals surface area contributed by atoms with Crippen LogP contribution in [0.2, 0.25) is 0 Å². The van der Waals surface area contributed by atoms with Crippen LogP contribution < -0.4 is 21.3 Å². The number of benzene rings is 3. The van der Waals surface area contributed by atoms with Crippen molar-refractivity contribution in [3.63, 3.8) is 0 Å². The number of aliphatic hydroxyl groups is 1. The van der Waals surface area contributed by atoms with Crippen LogP contribution in [0.4, 0.5) is 0 Å². The molecule has 4 amide bonds. The number of carbonyl (C=O) groups excluding carboxylic acids is 4. The highest BCUT2D eigenvalue weighted by molar-refractivity contribution is 5.93. The molecule has 0 heterocycles. The van der Waals surface area contributed by atoms with Crippen molar-refractivity contribution in [3.05, 3.63) is 83.9 Å². The van der Waals surface area contributed by atoms with Gasteiger partial charge in [0.05, 0.1) is 18.6 Å². The molecule has 0 radical (unpaired) electrons. The van der Waals surface area contributed by atoms with E-state index in [0.717, 1.165) is 41.2 Å². The summed E-state index contributed by atoms with van der Waals surface area (Å²) < 4.78 is 0. The molecular formula is C42H60N4O5. The minimum Gasteiger partial charge on any atom is -0.390 e. The van der Waals surface area contributed by atoms with Gasteiger partial charge in [-0.25, -0.2) is 0 Å². The second-order valence-electron chi connectivity index (χ2n) is 14.3. The van der Waals surface area contributed by atoms with Gasteiger partial charge in [-0.3, -0.25) is 19.2 Å². The number of hydrogen-bond donors (Lipinski definition) is 5. The molecule has 0 spiro atoms. The van der Waals surface area contributed by atoms with Crippen molar-refractivity contribution < 1.29 is 24.3 Å². The van der Waals surface area contributed by atoms with Crippen molar-refractivity contribution in [1.29, 1.82) is 0 Å². The lowest BCUT2D eigenvalue weighted by molar-refractivity contribution is -0.133. The van der Waals surface area contributed by atoms with Crippen LogP contribution in [0.5, 0.6) is 0 Å². The zero-order valence-corrected chi connectivity index (χ0v) is 31.3. The molecule has 3 rings (SSSR count). The summed E-state index contributed by atoms with van der Waals surface area (Å²) in [5.74, 6) is -0.895. The summed E-state index contributed by atoms with van der Waals surface area (Å²) in [5.41, 5.74) is 2.06. The lowest BCUT2D eigenvalue weighted by atomic mass is 9.96. The zero-order valence-electron chi connectivity index (χ0n) is 31.3. The first-order valence-corrected chi connectivity index (χ1v) is 18.9. The van der Waals surface area contributed by atoms with Gasteiger partial charge in [0.15, 0.2) is 0 Å². The van der Waals surface area contributed by atoms with Gasteiger partial charge in [0.25, 0.3) is 0 Å². The third kappa shape index (κ3) is 14.5. The van der Waals surface area contributed by atoms with Crippen molar-refractivity contribution in [3.8, 4) is 0 Å². The molecule has 3 aromatic rings. The maximum atomic E-state index is 14.1. The number of rotatable bonds is 22. The molecule has 0 saturated carbocycles. The van der Waals surface area contributed by atoms with Crippen LogP contribution in [0.15, 0.2) is 72.8 Å². The van der Waals surface area contributed by atoms with Crippen molar-refractivity contribution >= 4 is 34.4 Å². The first kappa shape index (κ1) is 41.2. The summed E-state index contributed by atoms with van der Waals surface area (Å²) in [6.45, 7) is 10.6. The van der Waals surface area contributed by atoms with E-state index in [4.69, 9.17) is 0 Å². The van der Waals surface area contributed by atoms with Crippen LogP contribution in [0, 0.1) is 11.8 Å². The Morgan fingerprint density at radius 2 is 1.43 bits per heavy atom. The molecule has 0 fully saturated rings. The highest BCUT2D eigenvalue weighted by Gasteiger charge is 2.31. The number of nitrogens with one attached hydrogen (secondary N) is 4. The Kier molecular flexibility index (Phi) is 17.7. The average Bonchev–Trinajstić information content (AvgIpc) is 3.11. The molecule has 5 N–H and O–H groups in total. The Balaban J connectivity index is 1.77. The number of aryl methyl sites for hydroxylation is 1. The molecule has 3 aromatic carbocycles. The quantitative estimate of drug-likeness (QED) is 0.0875. The largest absolute Gasteiger partial charge is 0.390 e. The molecule has 278 valence electrons. The lowest BCUT2D eigenvalue weighted by Gasteiger charge is -2.29. The van der Waals surface area contributed by atoms with Crippen LogP contribution in [0.25, 0.3) is 10.8 Å². The Labute approximate surface area is 304 Å². The molecule has 0 aromatic heterocycles. The normalized spacial score (nSPS) is 14.3. The van der Waals surface area contributed by atoms with Gasteiger partial charge in [0.2, 0.25) is 23.6 Å². The van der Waals surface area contributed by atoms with E-state index in [2.05, 4.69) is 28.2 Å². The Bertz CT molecular complexity index is 1520. The fourth-order valence-electron chi connectivity index (χ4n) is 6.15. The van der Waals surface area contributed by atoms with Crippen molar-refractivity contribution in [2.75, 3.05) is 6.54 Å². The molecule has 0 aliphatic rings. The number of amides is 4. The minimum atomic E-state index is -1.09. The fraction of sp³-hybridized carbons (Fsp3) is 0.524. The Morgan fingerprint density at radius 1 is 0.745 bits per heavy atom. The minimum absolute atomic E-state index is 0.135. The van der Waals surface area contributed by atoms with Crippen molar-refractivity contribution in [1.82, 2.24) is 21.3 Å². The standard InChI is InChI=1S/C42H60N4O5/c1-6-8-23-35(41(50)46-36(25-29(3)4)38(47)27-40(49)43-28-30(5)7-2)45-42(51)37(26-33-21-15-20-32-19-12-13-22-34(32)33)44-39(48)24-14-18-31-16-10-9-11-17-31/h9-13,15-17,19-22,29-30,35-38,47H,6-8,14,18,23-28H2,1-5H3,(H,43,49)(H,44,48)(H,45,51)(H,46,50)/t30?,35-,36?,37-,38?/m0/s1. The van der Waals surface area contributed by atoms with Gasteiger partial charge >= 0.3 is 0 Å². The smallest absolute Gasteiger partial charge is 0.243 e. The molecule has 0 bridgehead atoms. The monoisotopic (exact) mass is 700 g/mol. The van der Waals surface area contributed by atoms with E-state index >= 15 is 0 Å². The molecule has 5 atom stereocenters. The maximum Gasteiger partial charge on any atom is 0.243 e. The van der Waals surface area contributed by atoms with Gasteiger partial charge in [0.1, 0.15) is 12.1 Å². The van der Waals surface area contributed by atoms with Crippen LogP contribution in [0.1, 0.15) is 97.1 Å². The number of aliphatic hydroxyl groups excluding tert-OH is 1. The number of hydrogen-bond acceptors (Lipinski definition) is 5. The van der Waals surface area contributed by atoms with Crippen molar-refractivity contribution in [2.24, 2.45) is 11.8 Å². The van der Waals surface area contributed by atoms with Gasteiger partial charge in [-0.05, 0) is 59.4 Å². The number of fused-ring (bicyclic) bond motifs is 1. The van der Waals surface area contributed by atoms with Crippen molar-refractivity contribution in [2.45, 2.75) is 123 Å². The Hall–Kier alpha value is -4.24. The van der Waals surface area contributed by atoms with E-state index in [1.54, 1.807) is 0 Å². The summed E-state index contributed by atoms with van der Waals surface area (Å²) in [6.07, 6.45) is 3.94. The molecule has 3 unspecified atom stereocenters. The summed E-state index contributed by atoms with van der Waals surface area (Å²) in [4.78, 5) is 53.8. The first-order valence-electron chi connectivity index (χ1n) is 18.9. The van der Waals surface area contributed by atoms with E-state index in [0.29, 0.717) is 38.1 Å². The molecule has 51 heavy (non-hydrogen) atoms. The number of carbonyl (C=O) groups is 4. The topological polar surface area (TPSA) is 137 Å². The van der Waals surface area contributed by atoms with Gasteiger partial charge in [-0.1, -0.05) is 127 Å². The van der Waals surface area contributed by atoms with E-state index < -0.39 is 36.0 Å². The van der Waals surface area contributed by atoms with Gasteiger partial charge < -0.3 is 26.4 Å². The SMILES string of the molecule is CCCC[C@H](NC(=O)[C@H](Cc1cccc2ccccc12)NC(=O)CCCc1ccccc1)C(=O)NC(CC(C)C)C(O)CC(=O)NCC(C)CC. The average molecular weight is 701 g/mol.